The molecule has 11 nitrogen and oxygen atoms in total. The number of rotatable bonds is 4. The average Bonchev–Trinajstić information content (AvgIpc) is 2.51. The van der Waals surface area contributed by atoms with Gasteiger partial charge in [0, 0.05) is 6.61 Å². The summed E-state index contributed by atoms with van der Waals surface area (Å²) in [4.78, 5) is 0. The van der Waals surface area contributed by atoms with Gasteiger partial charge in [-0.25, -0.2) is 0 Å². The van der Waals surface area contributed by atoms with E-state index in [0.29, 0.717) is 0 Å². The van der Waals surface area contributed by atoms with E-state index in [4.69, 9.17) is 24.4 Å². The molecular formula is C12H17K6O11-. The summed E-state index contributed by atoms with van der Waals surface area (Å²) in [6.07, 6.45) is -14.9. The Bertz CT molecular complexity index is 375. The SMILES string of the molecule is [K+].[K+].[K+].[K+].[K+].[K+].[O-][C@@H]1[C@@H]([O-])[C@@H](O[C@H]2O[C@H](CO)[CH-][C@H]([O-])[C@H]2[O-])O[C@H](CO)[C@H]1[O-].[OH-]. The predicted molar refractivity (Wildman–Crippen MR) is 57.8 cm³/mol. The summed E-state index contributed by atoms with van der Waals surface area (Å²) < 4.78 is 14.9. The Morgan fingerprint density at radius 1 is 0.690 bits per heavy atom. The van der Waals surface area contributed by atoms with Gasteiger partial charge in [-0.05, 0) is 6.10 Å². The van der Waals surface area contributed by atoms with Gasteiger partial charge in [-0.3, -0.25) is 6.10 Å². The minimum absolute atomic E-state index is 0. The molecule has 17 heteroatoms. The van der Waals surface area contributed by atoms with Gasteiger partial charge in [0.15, 0.2) is 0 Å². The topological polar surface area (TPSA) is 213 Å². The predicted octanol–water partition coefficient (Wildman–Crippen LogP) is -25.9. The summed E-state index contributed by atoms with van der Waals surface area (Å²) in [5.41, 5.74) is 0. The summed E-state index contributed by atoms with van der Waals surface area (Å²) in [5, 5.41) is 75.9. The second kappa shape index (κ2) is 27.5. The first kappa shape index (κ1) is 51.1. The van der Waals surface area contributed by atoms with Crippen LogP contribution in [-0.2, 0) is 14.2 Å². The van der Waals surface area contributed by atoms with E-state index >= 15 is 0 Å². The van der Waals surface area contributed by atoms with E-state index in [1.807, 2.05) is 0 Å². The molecule has 0 aromatic rings. The quantitative estimate of drug-likeness (QED) is 0.239. The molecule has 2 aliphatic heterocycles. The summed E-state index contributed by atoms with van der Waals surface area (Å²) in [5.74, 6) is 0. The Hall–Kier alpha value is 9.38. The number of hydrogen-bond donors (Lipinski definition) is 2. The number of aliphatic hydroxyl groups excluding tert-OH is 2. The molecule has 138 valence electrons. The maximum Gasteiger partial charge on any atom is 1.00 e. The third-order valence-corrected chi connectivity index (χ3v) is 3.52. The first-order chi connectivity index (χ1) is 10.4. The minimum atomic E-state index is -2.15. The Morgan fingerprint density at radius 3 is 1.62 bits per heavy atom. The Morgan fingerprint density at radius 2 is 1.17 bits per heavy atom. The third-order valence-electron chi connectivity index (χ3n) is 3.52. The normalized spacial score (nSPS) is 38.0. The van der Waals surface area contributed by atoms with Gasteiger partial charge in [0.2, 0.25) is 0 Å². The van der Waals surface area contributed by atoms with Crippen molar-refractivity contribution in [3.63, 3.8) is 0 Å². The van der Waals surface area contributed by atoms with Crippen molar-refractivity contribution in [1.82, 2.24) is 0 Å². The van der Waals surface area contributed by atoms with Crippen molar-refractivity contribution in [1.29, 1.82) is 0 Å². The van der Waals surface area contributed by atoms with Crippen LogP contribution in [0.4, 0.5) is 0 Å². The second-order valence-electron chi connectivity index (χ2n) is 5.10. The molecule has 2 rings (SSSR count). The number of hydrogen-bond acceptors (Lipinski definition) is 11. The summed E-state index contributed by atoms with van der Waals surface area (Å²) >= 11 is 0. The molecule has 0 aliphatic carbocycles. The van der Waals surface area contributed by atoms with Crippen molar-refractivity contribution in [2.24, 2.45) is 0 Å². The summed E-state index contributed by atoms with van der Waals surface area (Å²) in [7, 11) is 0. The van der Waals surface area contributed by atoms with E-state index in [1.165, 1.54) is 0 Å². The van der Waals surface area contributed by atoms with Gasteiger partial charge in [0.25, 0.3) is 0 Å². The van der Waals surface area contributed by atoms with E-state index in [1.54, 1.807) is 0 Å². The molecule has 0 unspecified atom stereocenters. The molecule has 2 saturated heterocycles. The van der Waals surface area contributed by atoms with Gasteiger partial charge in [-0.15, -0.1) is 18.3 Å². The van der Waals surface area contributed by atoms with Crippen LogP contribution >= 0.6 is 0 Å². The van der Waals surface area contributed by atoms with Crippen LogP contribution in [0.2, 0.25) is 0 Å². The fraction of sp³-hybridized carbons (Fsp3) is 0.917. The number of ether oxygens (including phenoxy) is 3. The van der Waals surface area contributed by atoms with Crippen molar-refractivity contribution < 1.29 is 364 Å². The zero-order chi connectivity index (χ0) is 16.4. The maximum atomic E-state index is 11.8. The molecule has 2 heterocycles. The van der Waals surface area contributed by atoms with Crippen molar-refractivity contribution in [2.45, 2.75) is 55.3 Å². The Balaban J connectivity index is -0.000000189. The smallest absolute Gasteiger partial charge is 0.876 e. The van der Waals surface area contributed by atoms with Gasteiger partial charge < -0.3 is 61.9 Å². The molecule has 9 atom stereocenters. The second-order valence-corrected chi connectivity index (χ2v) is 5.10. The fourth-order valence-corrected chi connectivity index (χ4v) is 2.25. The Labute approximate surface area is 425 Å². The summed E-state index contributed by atoms with van der Waals surface area (Å²) in [6.45, 7) is -1.35. The van der Waals surface area contributed by atoms with Crippen molar-refractivity contribution >= 4 is 0 Å². The van der Waals surface area contributed by atoms with Gasteiger partial charge in [0.1, 0.15) is 12.6 Å². The van der Waals surface area contributed by atoms with E-state index in [-0.39, 0.29) is 314 Å². The van der Waals surface area contributed by atoms with Crippen LogP contribution in [0.15, 0.2) is 0 Å². The molecule has 0 radical (unpaired) electrons. The molecular weight excluding hydrogens is 555 g/mol. The molecule has 0 spiro atoms. The molecule has 3 N–H and O–H groups in total. The molecule has 0 saturated carbocycles. The molecule has 0 aromatic carbocycles. The van der Waals surface area contributed by atoms with Gasteiger partial charge in [0.05, 0.1) is 12.7 Å². The van der Waals surface area contributed by atoms with E-state index < -0.39 is 68.5 Å². The van der Waals surface area contributed by atoms with Crippen LogP contribution in [0.25, 0.3) is 0 Å². The van der Waals surface area contributed by atoms with Gasteiger partial charge in [-0.1, -0.05) is 6.10 Å². The molecule has 0 amide bonds. The number of aliphatic hydroxyl groups is 2. The molecule has 0 aromatic heterocycles. The molecule has 2 fully saturated rings. The maximum absolute atomic E-state index is 11.8. The molecule has 29 heavy (non-hydrogen) atoms. The largest absolute Gasteiger partial charge is 1.00 e. The zero-order valence-corrected chi connectivity index (χ0v) is 36.5. The Kier molecular flexibility index (Phi) is 48.6. The first-order valence-corrected chi connectivity index (χ1v) is 6.71. The zero-order valence-electron chi connectivity index (χ0n) is 17.8. The average molecular weight is 572 g/mol. The van der Waals surface area contributed by atoms with Crippen molar-refractivity contribution in [2.75, 3.05) is 13.2 Å². The van der Waals surface area contributed by atoms with Crippen molar-refractivity contribution in [3.8, 4) is 0 Å². The minimum Gasteiger partial charge on any atom is -0.876 e. The van der Waals surface area contributed by atoms with E-state index in [9.17, 15) is 25.5 Å². The molecule has 2 aliphatic rings. The molecule has 0 bridgehead atoms. The van der Waals surface area contributed by atoms with Crippen LogP contribution in [-0.4, -0.2) is 84.2 Å². The van der Waals surface area contributed by atoms with Gasteiger partial charge >= 0.3 is 308 Å². The van der Waals surface area contributed by atoms with Crippen LogP contribution < -0.4 is 334 Å². The monoisotopic (exact) mass is 571 g/mol. The van der Waals surface area contributed by atoms with Crippen molar-refractivity contribution in [3.05, 3.63) is 6.42 Å². The van der Waals surface area contributed by atoms with Crippen LogP contribution in [0, 0.1) is 6.42 Å². The van der Waals surface area contributed by atoms with Crippen LogP contribution in [0.1, 0.15) is 0 Å². The fourth-order valence-electron chi connectivity index (χ4n) is 2.25. The van der Waals surface area contributed by atoms with Crippen LogP contribution in [0.5, 0.6) is 0 Å². The standard InChI is InChI=1S/C12H16O10.6K.H2O/c13-2-4-1-5(15)7(16)11(20-4)22-12-10(19)9(18)8(17)6(3-14)21-12;;;;;;;/h1,4-14H,2-3H2;;;;;;;1H2/q-6;6*+1;/p-1/t4-,5-,6+,7+,8+,9-,10+,11+,12+;;;;;;;/m0......./s1. The van der Waals surface area contributed by atoms with E-state index in [0.717, 1.165) is 6.42 Å². The third kappa shape index (κ3) is 16.4. The van der Waals surface area contributed by atoms with Gasteiger partial charge in [-0.2, -0.15) is 0 Å². The summed E-state index contributed by atoms with van der Waals surface area (Å²) in [6, 6.07) is 0. The first-order valence-electron chi connectivity index (χ1n) is 6.71. The van der Waals surface area contributed by atoms with E-state index in [2.05, 4.69) is 0 Å². The van der Waals surface area contributed by atoms with Crippen LogP contribution in [0.3, 0.4) is 0 Å².